The lowest BCUT2D eigenvalue weighted by molar-refractivity contribution is 0.146. The van der Waals surface area contributed by atoms with Crippen LogP contribution < -0.4 is 9.47 Å². The van der Waals surface area contributed by atoms with Gasteiger partial charge in [-0.05, 0) is 59.5 Å². The molecule has 3 aromatic rings. The van der Waals surface area contributed by atoms with Gasteiger partial charge in [-0.3, -0.25) is 5.10 Å². The van der Waals surface area contributed by atoms with Crippen molar-refractivity contribution in [2.45, 2.75) is 6.42 Å². The van der Waals surface area contributed by atoms with Crippen molar-refractivity contribution in [3.05, 3.63) is 82.2 Å². The van der Waals surface area contributed by atoms with E-state index >= 15 is 0 Å². The molecule has 1 aliphatic rings. The zero-order chi connectivity index (χ0) is 21.5. The van der Waals surface area contributed by atoms with Crippen LogP contribution in [0.25, 0.3) is 30.4 Å². The molecule has 0 saturated heterocycles. The predicted octanol–water partition coefficient (Wildman–Crippen LogP) is 5.35. The van der Waals surface area contributed by atoms with Crippen molar-refractivity contribution < 1.29 is 14.2 Å². The second-order valence-corrected chi connectivity index (χ2v) is 7.22. The lowest BCUT2D eigenvalue weighted by atomic mass is 10.1. The van der Waals surface area contributed by atoms with Gasteiger partial charge in [0, 0.05) is 18.7 Å². The number of nitrogens with one attached hydrogen (secondary N) is 1. The fraction of sp³-hybridized carbons (Fsp3) is 0.192. The number of rotatable bonds is 9. The summed E-state index contributed by atoms with van der Waals surface area (Å²) >= 11 is 0. The maximum Gasteiger partial charge on any atom is 0.129 e. The Balaban J connectivity index is 1.41. The summed E-state index contributed by atoms with van der Waals surface area (Å²) < 4.78 is 16.2. The average molecular weight is 415 g/mol. The van der Waals surface area contributed by atoms with E-state index in [1.54, 1.807) is 14.2 Å². The number of H-pyrrole nitrogens is 1. The van der Waals surface area contributed by atoms with Gasteiger partial charge in [-0.2, -0.15) is 5.10 Å². The van der Waals surface area contributed by atoms with Crippen molar-refractivity contribution in [2.75, 3.05) is 27.4 Å². The molecule has 5 heteroatoms. The molecule has 0 unspecified atom stereocenters. The van der Waals surface area contributed by atoms with Gasteiger partial charge in [0.1, 0.15) is 18.1 Å². The average Bonchev–Trinajstić information content (AvgIpc) is 3.45. The molecule has 0 saturated carbocycles. The van der Waals surface area contributed by atoms with E-state index in [0.717, 1.165) is 34.9 Å². The number of hydrogen-bond acceptors (Lipinski definition) is 4. The third kappa shape index (κ3) is 5.32. The van der Waals surface area contributed by atoms with Crippen LogP contribution in [0.4, 0.5) is 0 Å². The smallest absolute Gasteiger partial charge is 0.129 e. The second kappa shape index (κ2) is 9.96. The molecule has 1 aromatic heterocycles. The van der Waals surface area contributed by atoms with Crippen LogP contribution in [0, 0.1) is 0 Å². The molecule has 0 amide bonds. The lowest BCUT2D eigenvalue weighted by Gasteiger charge is -2.09. The molecular weight excluding hydrogens is 388 g/mol. The molecule has 0 bridgehead atoms. The van der Waals surface area contributed by atoms with E-state index in [9.17, 15) is 0 Å². The standard InChI is InChI=1S/C26H26N2O3/c1-29-14-15-31-25-13-10-21(26(18-25)30-2)9-12-24-17-23(27-28-24)11-7-19-6-8-20-4-3-5-22(20)16-19/h3-4,6-13,16-18H,5,14-15H2,1-2H3,(H,27,28)/b11-7+,12-9+. The van der Waals surface area contributed by atoms with Gasteiger partial charge in [0.2, 0.25) is 0 Å². The van der Waals surface area contributed by atoms with Crippen LogP contribution >= 0.6 is 0 Å². The first-order valence-corrected chi connectivity index (χ1v) is 10.3. The number of benzene rings is 2. The van der Waals surface area contributed by atoms with Crippen molar-refractivity contribution in [1.82, 2.24) is 10.2 Å². The Morgan fingerprint density at radius 3 is 2.77 bits per heavy atom. The number of methoxy groups -OCH3 is 2. The molecule has 0 aliphatic heterocycles. The Hall–Kier alpha value is -3.57. The Kier molecular flexibility index (Phi) is 6.65. The lowest BCUT2D eigenvalue weighted by Crippen LogP contribution is -2.04. The number of ether oxygens (including phenoxy) is 3. The number of fused-ring (bicyclic) bond motifs is 1. The molecule has 5 nitrogen and oxygen atoms in total. The molecule has 1 heterocycles. The monoisotopic (exact) mass is 414 g/mol. The van der Waals surface area contributed by atoms with Crippen molar-refractivity contribution in [3.63, 3.8) is 0 Å². The van der Waals surface area contributed by atoms with Crippen LogP contribution in [0.2, 0.25) is 0 Å². The molecule has 1 aliphatic carbocycles. The first-order valence-electron chi connectivity index (χ1n) is 10.3. The fourth-order valence-electron chi connectivity index (χ4n) is 3.43. The van der Waals surface area contributed by atoms with Crippen molar-refractivity contribution in [2.24, 2.45) is 0 Å². The maximum atomic E-state index is 5.64. The van der Waals surface area contributed by atoms with E-state index in [4.69, 9.17) is 14.2 Å². The van der Waals surface area contributed by atoms with E-state index in [-0.39, 0.29) is 0 Å². The number of allylic oxidation sites excluding steroid dienone is 1. The zero-order valence-electron chi connectivity index (χ0n) is 17.8. The van der Waals surface area contributed by atoms with E-state index in [1.807, 2.05) is 42.5 Å². The van der Waals surface area contributed by atoms with E-state index in [2.05, 4.69) is 46.6 Å². The number of hydrogen-bond donors (Lipinski definition) is 1. The quantitative estimate of drug-likeness (QED) is 0.479. The summed E-state index contributed by atoms with van der Waals surface area (Å²) in [5.74, 6) is 1.50. The predicted molar refractivity (Wildman–Crippen MR) is 126 cm³/mol. The highest BCUT2D eigenvalue weighted by Crippen LogP contribution is 2.26. The molecule has 2 aromatic carbocycles. The summed E-state index contributed by atoms with van der Waals surface area (Å²) in [5, 5.41) is 7.44. The van der Waals surface area contributed by atoms with Crippen molar-refractivity contribution in [1.29, 1.82) is 0 Å². The van der Waals surface area contributed by atoms with Gasteiger partial charge >= 0.3 is 0 Å². The number of nitrogens with zero attached hydrogens (tertiary/aromatic N) is 1. The summed E-state index contributed by atoms with van der Waals surface area (Å²) in [6.45, 7) is 1.05. The van der Waals surface area contributed by atoms with E-state index in [1.165, 1.54) is 16.7 Å². The highest BCUT2D eigenvalue weighted by Gasteiger charge is 2.05. The normalized spacial score (nSPS) is 12.7. The molecule has 1 N–H and O–H groups in total. The highest BCUT2D eigenvalue weighted by molar-refractivity contribution is 5.75. The number of aromatic amines is 1. The molecule has 4 rings (SSSR count). The van der Waals surface area contributed by atoms with E-state index < -0.39 is 0 Å². The SMILES string of the molecule is COCCOc1ccc(/C=C/c2cc(/C=C/c3ccc4c(c3)CC=C4)n[nH]2)c(OC)c1. The Bertz CT molecular complexity index is 1130. The zero-order valence-corrected chi connectivity index (χ0v) is 17.8. The minimum atomic E-state index is 0.502. The van der Waals surface area contributed by atoms with Crippen molar-refractivity contribution >= 4 is 30.4 Å². The molecule has 0 spiro atoms. The van der Waals surface area contributed by atoms with Crippen LogP contribution in [-0.2, 0) is 11.2 Å². The molecule has 158 valence electrons. The molecular formula is C26H26N2O3. The number of aromatic nitrogens is 2. The first-order chi connectivity index (χ1) is 15.2. The summed E-state index contributed by atoms with van der Waals surface area (Å²) in [4.78, 5) is 0. The molecule has 0 atom stereocenters. The highest BCUT2D eigenvalue weighted by atomic mass is 16.5. The van der Waals surface area contributed by atoms with Gasteiger partial charge in [0.25, 0.3) is 0 Å². The first kappa shape index (κ1) is 20.7. The summed E-state index contributed by atoms with van der Waals surface area (Å²) in [6.07, 6.45) is 13.5. The van der Waals surface area contributed by atoms with Crippen LogP contribution in [0.15, 0.2) is 48.5 Å². The third-order valence-corrected chi connectivity index (χ3v) is 5.07. The van der Waals surface area contributed by atoms with Crippen LogP contribution in [0.3, 0.4) is 0 Å². The minimum Gasteiger partial charge on any atom is -0.496 e. The minimum absolute atomic E-state index is 0.502. The van der Waals surface area contributed by atoms with Gasteiger partial charge in [-0.1, -0.05) is 36.4 Å². The van der Waals surface area contributed by atoms with Crippen LogP contribution in [-0.4, -0.2) is 37.6 Å². The van der Waals surface area contributed by atoms with Gasteiger partial charge in [-0.25, -0.2) is 0 Å². The van der Waals surface area contributed by atoms with E-state index in [0.29, 0.717) is 13.2 Å². The third-order valence-electron chi connectivity index (χ3n) is 5.07. The maximum absolute atomic E-state index is 5.64. The topological polar surface area (TPSA) is 56.4 Å². The van der Waals surface area contributed by atoms with Gasteiger partial charge < -0.3 is 14.2 Å². The second-order valence-electron chi connectivity index (χ2n) is 7.22. The van der Waals surface area contributed by atoms with Crippen molar-refractivity contribution in [3.8, 4) is 11.5 Å². The molecule has 0 radical (unpaired) electrons. The summed E-state index contributed by atoms with van der Waals surface area (Å²) in [7, 11) is 3.30. The Morgan fingerprint density at radius 2 is 1.90 bits per heavy atom. The fourth-order valence-corrected chi connectivity index (χ4v) is 3.43. The summed E-state index contributed by atoms with van der Waals surface area (Å²) in [6, 6.07) is 14.3. The molecule has 31 heavy (non-hydrogen) atoms. The summed E-state index contributed by atoms with van der Waals surface area (Å²) in [5.41, 5.74) is 6.62. The van der Waals surface area contributed by atoms with Gasteiger partial charge in [-0.15, -0.1) is 0 Å². The Labute approximate surface area is 182 Å². The van der Waals surface area contributed by atoms with Gasteiger partial charge in [0.05, 0.1) is 25.1 Å². The Morgan fingerprint density at radius 1 is 0.968 bits per heavy atom. The van der Waals surface area contributed by atoms with Gasteiger partial charge in [0.15, 0.2) is 0 Å². The largest absolute Gasteiger partial charge is 0.496 e. The van der Waals surface area contributed by atoms with Crippen LogP contribution in [0.1, 0.15) is 33.6 Å². The molecule has 0 fully saturated rings. The van der Waals surface area contributed by atoms with Crippen LogP contribution in [0.5, 0.6) is 11.5 Å².